The third-order valence-electron chi connectivity index (χ3n) is 5.19. The predicted octanol–water partition coefficient (Wildman–Crippen LogP) is 2.29. The molecule has 126 valence electrons. The number of carbonyl (C=O) groups excluding carboxylic acids is 1. The van der Waals surface area contributed by atoms with E-state index >= 15 is 0 Å². The summed E-state index contributed by atoms with van der Waals surface area (Å²) in [6, 6.07) is 10.5. The first kappa shape index (κ1) is 16.5. The van der Waals surface area contributed by atoms with Crippen molar-refractivity contribution in [2.24, 2.45) is 11.8 Å². The molecule has 1 atom stereocenters. The summed E-state index contributed by atoms with van der Waals surface area (Å²) in [5, 5.41) is 0. The molecule has 5 heteroatoms. The fourth-order valence-electron chi connectivity index (χ4n) is 3.71. The van der Waals surface area contributed by atoms with Gasteiger partial charge in [-0.2, -0.15) is 0 Å². The minimum atomic E-state index is -2.98. The van der Waals surface area contributed by atoms with Gasteiger partial charge in [0, 0.05) is 13.1 Å². The zero-order valence-electron chi connectivity index (χ0n) is 13.5. The van der Waals surface area contributed by atoms with E-state index in [1.54, 1.807) is 0 Å². The Bertz CT molecular complexity index is 633. The Labute approximate surface area is 138 Å². The van der Waals surface area contributed by atoms with Crippen LogP contribution in [0.1, 0.15) is 31.2 Å². The monoisotopic (exact) mass is 335 g/mol. The predicted molar refractivity (Wildman–Crippen MR) is 90.8 cm³/mol. The zero-order valence-corrected chi connectivity index (χ0v) is 14.3. The van der Waals surface area contributed by atoms with Gasteiger partial charge in [-0.1, -0.05) is 30.3 Å². The Morgan fingerprint density at radius 2 is 1.78 bits per heavy atom. The largest absolute Gasteiger partial charge is 0.342 e. The molecule has 0 N–H and O–H groups in total. The minimum Gasteiger partial charge on any atom is -0.342 e. The van der Waals surface area contributed by atoms with Gasteiger partial charge in [-0.25, -0.2) is 8.42 Å². The highest BCUT2D eigenvalue weighted by atomic mass is 32.2. The van der Waals surface area contributed by atoms with Gasteiger partial charge in [0.25, 0.3) is 0 Å². The number of amides is 1. The maximum atomic E-state index is 12.4. The van der Waals surface area contributed by atoms with Crippen molar-refractivity contribution in [1.82, 2.24) is 4.90 Å². The number of hydrogen-bond acceptors (Lipinski definition) is 3. The Kier molecular flexibility index (Phi) is 5.05. The van der Waals surface area contributed by atoms with E-state index in [2.05, 4.69) is 24.3 Å². The molecule has 1 aromatic rings. The van der Waals surface area contributed by atoms with E-state index in [9.17, 15) is 13.2 Å². The maximum absolute atomic E-state index is 12.4. The van der Waals surface area contributed by atoms with Gasteiger partial charge in [-0.05, 0) is 43.6 Å². The van der Waals surface area contributed by atoms with Crippen molar-refractivity contribution < 1.29 is 13.2 Å². The number of likely N-dealkylation sites (tertiary alicyclic amines) is 1. The molecule has 1 amide bonds. The molecule has 2 aliphatic heterocycles. The van der Waals surface area contributed by atoms with Gasteiger partial charge < -0.3 is 4.90 Å². The summed E-state index contributed by atoms with van der Waals surface area (Å²) in [5.74, 6) is 0.677. The summed E-state index contributed by atoms with van der Waals surface area (Å²) >= 11 is 0. The molecule has 0 radical (unpaired) electrons. The molecule has 2 heterocycles. The molecule has 23 heavy (non-hydrogen) atoms. The highest BCUT2D eigenvalue weighted by molar-refractivity contribution is 7.91. The maximum Gasteiger partial charge on any atom is 0.226 e. The normalized spacial score (nSPS) is 24.7. The van der Waals surface area contributed by atoms with Crippen LogP contribution in [0.25, 0.3) is 0 Å². The minimum absolute atomic E-state index is 0.0553. The third-order valence-corrected chi connectivity index (χ3v) is 6.96. The fraction of sp³-hybridized carbons (Fsp3) is 0.611. The van der Waals surface area contributed by atoms with Crippen LogP contribution >= 0.6 is 0 Å². The lowest BCUT2D eigenvalue weighted by Gasteiger charge is -2.33. The Morgan fingerprint density at radius 1 is 1.09 bits per heavy atom. The van der Waals surface area contributed by atoms with Crippen molar-refractivity contribution in [1.29, 1.82) is 0 Å². The summed E-state index contributed by atoms with van der Waals surface area (Å²) in [5.41, 5.74) is 1.38. The number of carbonyl (C=O) groups is 1. The standard InChI is InChI=1S/C18H25NO3S/c20-18(17-10-13-23(21,22)14-17)19-11-8-16(9-12-19)7-6-15-4-2-1-3-5-15/h1-5,16-17H,6-14H2. The van der Waals surface area contributed by atoms with Crippen molar-refractivity contribution in [3.8, 4) is 0 Å². The molecule has 0 aliphatic carbocycles. The molecule has 0 bridgehead atoms. The average molecular weight is 335 g/mol. The van der Waals surface area contributed by atoms with Crippen LogP contribution in [0.15, 0.2) is 30.3 Å². The van der Waals surface area contributed by atoms with Crippen LogP contribution in [-0.2, 0) is 21.1 Å². The summed E-state index contributed by atoms with van der Waals surface area (Å²) < 4.78 is 23.1. The van der Waals surface area contributed by atoms with Crippen molar-refractivity contribution >= 4 is 15.7 Å². The summed E-state index contributed by atoms with van der Waals surface area (Å²) in [4.78, 5) is 14.3. The van der Waals surface area contributed by atoms with Crippen LogP contribution in [0.4, 0.5) is 0 Å². The summed E-state index contributed by atoms with van der Waals surface area (Å²) in [6.45, 7) is 1.57. The van der Waals surface area contributed by atoms with E-state index in [1.807, 2.05) is 11.0 Å². The lowest BCUT2D eigenvalue weighted by molar-refractivity contribution is -0.136. The van der Waals surface area contributed by atoms with Crippen LogP contribution < -0.4 is 0 Å². The molecule has 0 aromatic heterocycles. The summed E-state index contributed by atoms with van der Waals surface area (Å²) in [7, 11) is -2.98. The van der Waals surface area contributed by atoms with Crippen molar-refractivity contribution in [3.63, 3.8) is 0 Å². The highest BCUT2D eigenvalue weighted by Crippen LogP contribution is 2.26. The molecule has 0 saturated carbocycles. The fourth-order valence-corrected chi connectivity index (χ4v) is 5.44. The zero-order chi connectivity index (χ0) is 16.3. The molecule has 0 spiro atoms. The van der Waals surface area contributed by atoms with Gasteiger partial charge in [-0.3, -0.25) is 4.79 Å². The number of rotatable bonds is 4. The number of sulfone groups is 1. The van der Waals surface area contributed by atoms with E-state index in [0.717, 1.165) is 32.4 Å². The molecule has 2 aliphatic rings. The number of benzene rings is 1. The van der Waals surface area contributed by atoms with Gasteiger partial charge >= 0.3 is 0 Å². The van der Waals surface area contributed by atoms with Gasteiger partial charge in [0.2, 0.25) is 5.91 Å². The van der Waals surface area contributed by atoms with Crippen molar-refractivity contribution in [2.75, 3.05) is 24.6 Å². The topological polar surface area (TPSA) is 54.5 Å². The first-order valence-corrected chi connectivity index (χ1v) is 10.4. The molecule has 2 saturated heterocycles. The van der Waals surface area contributed by atoms with Crippen LogP contribution in [-0.4, -0.2) is 43.8 Å². The summed E-state index contributed by atoms with van der Waals surface area (Å²) in [6.07, 6.45) is 4.86. The molecule has 2 fully saturated rings. The lowest BCUT2D eigenvalue weighted by Crippen LogP contribution is -2.42. The van der Waals surface area contributed by atoms with Crippen LogP contribution in [0.2, 0.25) is 0 Å². The number of piperidine rings is 1. The van der Waals surface area contributed by atoms with Gasteiger partial charge in [0.15, 0.2) is 9.84 Å². The molecule has 1 aromatic carbocycles. The highest BCUT2D eigenvalue weighted by Gasteiger charge is 2.36. The molecule has 3 rings (SSSR count). The first-order valence-electron chi connectivity index (χ1n) is 8.57. The van der Waals surface area contributed by atoms with E-state index < -0.39 is 9.84 Å². The van der Waals surface area contributed by atoms with E-state index in [0.29, 0.717) is 12.3 Å². The van der Waals surface area contributed by atoms with Crippen LogP contribution in [0, 0.1) is 11.8 Å². The smallest absolute Gasteiger partial charge is 0.226 e. The Morgan fingerprint density at radius 3 is 2.39 bits per heavy atom. The second-order valence-corrected chi connectivity index (χ2v) is 9.12. The molecule has 4 nitrogen and oxygen atoms in total. The van der Waals surface area contributed by atoms with Crippen LogP contribution in [0.3, 0.4) is 0 Å². The van der Waals surface area contributed by atoms with Crippen molar-refractivity contribution in [2.45, 2.75) is 32.1 Å². The van der Waals surface area contributed by atoms with Crippen molar-refractivity contribution in [3.05, 3.63) is 35.9 Å². The van der Waals surface area contributed by atoms with Gasteiger partial charge in [0.05, 0.1) is 17.4 Å². The lowest BCUT2D eigenvalue weighted by atomic mass is 9.90. The van der Waals surface area contributed by atoms with E-state index in [1.165, 1.54) is 12.0 Å². The Hall–Kier alpha value is -1.36. The van der Waals surface area contributed by atoms with Crippen LogP contribution in [0.5, 0.6) is 0 Å². The van der Waals surface area contributed by atoms with E-state index in [-0.39, 0.29) is 23.3 Å². The second-order valence-electron chi connectivity index (χ2n) is 6.89. The Balaban J connectivity index is 1.44. The van der Waals surface area contributed by atoms with E-state index in [4.69, 9.17) is 0 Å². The average Bonchev–Trinajstić information content (AvgIpc) is 2.94. The number of nitrogens with zero attached hydrogens (tertiary/aromatic N) is 1. The molecular formula is C18H25NO3S. The first-order chi connectivity index (χ1) is 11.0. The quantitative estimate of drug-likeness (QED) is 0.848. The third kappa shape index (κ3) is 4.34. The molecular weight excluding hydrogens is 310 g/mol. The SMILES string of the molecule is O=C(C1CCS(=O)(=O)C1)N1CCC(CCc2ccccc2)CC1. The van der Waals surface area contributed by atoms with Gasteiger partial charge in [0.1, 0.15) is 0 Å². The van der Waals surface area contributed by atoms with Gasteiger partial charge in [-0.15, -0.1) is 0 Å². The molecule has 1 unspecified atom stereocenters. The number of aryl methyl sites for hydroxylation is 1. The second kappa shape index (κ2) is 7.04. The number of hydrogen-bond donors (Lipinski definition) is 0.